The Morgan fingerprint density at radius 3 is 2.53 bits per heavy atom. The topological polar surface area (TPSA) is 37.0 Å². The van der Waals surface area contributed by atoms with Crippen molar-refractivity contribution in [2.75, 3.05) is 51.3 Å². The second kappa shape index (κ2) is 12.6. The maximum Gasteiger partial charge on any atom is 0.417 e. The third kappa shape index (κ3) is 8.01. The standard InChI is InChI=1S/C24H29ClF3N3O2S/c1-2-33-20-7-4-18(5-8-20)17-31(11-3-10-30-12-14-32-15-13-30)23(34)29-19-6-9-22(25)21(16-19)24(26,27)28/h4-9,16H,2-3,10-15,17H2,1H3,(H,29,34). The minimum atomic E-state index is -4.55. The van der Waals surface area contributed by atoms with Gasteiger partial charge in [-0.25, -0.2) is 0 Å². The van der Waals surface area contributed by atoms with Crippen LogP contribution in [0.1, 0.15) is 24.5 Å². The van der Waals surface area contributed by atoms with E-state index in [1.807, 2.05) is 36.1 Å². The molecule has 1 saturated heterocycles. The number of nitrogens with one attached hydrogen (secondary N) is 1. The molecule has 0 saturated carbocycles. The van der Waals surface area contributed by atoms with Gasteiger partial charge < -0.3 is 19.7 Å². The second-order valence-electron chi connectivity index (χ2n) is 7.93. The van der Waals surface area contributed by atoms with Crippen molar-refractivity contribution < 1.29 is 22.6 Å². The van der Waals surface area contributed by atoms with Crippen LogP contribution in [0.4, 0.5) is 18.9 Å². The first-order valence-electron chi connectivity index (χ1n) is 11.2. The Bertz CT molecular complexity index is 938. The van der Waals surface area contributed by atoms with E-state index in [4.69, 9.17) is 33.3 Å². The van der Waals surface area contributed by atoms with Crippen molar-refractivity contribution in [2.45, 2.75) is 26.1 Å². The van der Waals surface area contributed by atoms with Gasteiger partial charge in [0.05, 0.1) is 30.4 Å². The number of halogens is 4. The molecule has 0 amide bonds. The zero-order valence-electron chi connectivity index (χ0n) is 19.0. The van der Waals surface area contributed by atoms with E-state index in [1.165, 1.54) is 12.1 Å². The minimum absolute atomic E-state index is 0.242. The van der Waals surface area contributed by atoms with Gasteiger partial charge in [0.1, 0.15) is 5.75 Å². The number of ether oxygens (including phenoxy) is 2. The van der Waals surface area contributed by atoms with Crippen LogP contribution in [0, 0.1) is 0 Å². The highest BCUT2D eigenvalue weighted by molar-refractivity contribution is 7.80. The number of rotatable bonds is 9. The van der Waals surface area contributed by atoms with Gasteiger partial charge in [-0.15, -0.1) is 0 Å². The Labute approximate surface area is 208 Å². The number of benzene rings is 2. The fourth-order valence-corrected chi connectivity index (χ4v) is 4.16. The Balaban J connectivity index is 1.70. The molecule has 0 unspecified atom stereocenters. The smallest absolute Gasteiger partial charge is 0.417 e. The summed E-state index contributed by atoms with van der Waals surface area (Å²) in [5, 5.41) is 2.97. The van der Waals surface area contributed by atoms with Gasteiger partial charge in [0.15, 0.2) is 5.11 Å². The summed E-state index contributed by atoms with van der Waals surface area (Å²) >= 11 is 11.4. The zero-order valence-corrected chi connectivity index (χ0v) is 20.6. The van der Waals surface area contributed by atoms with Gasteiger partial charge >= 0.3 is 6.18 Å². The van der Waals surface area contributed by atoms with Gasteiger partial charge in [-0.3, -0.25) is 4.90 Å². The van der Waals surface area contributed by atoms with Crippen LogP contribution in [-0.4, -0.2) is 60.9 Å². The average Bonchev–Trinajstić information content (AvgIpc) is 2.81. The molecule has 0 bridgehead atoms. The molecule has 0 atom stereocenters. The lowest BCUT2D eigenvalue weighted by molar-refractivity contribution is -0.137. The molecule has 2 aromatic rings. The number of hydrogen-bond acceptors (Lipinski definition) is 4. The summed E-state index contributed by atoms with van der Waals surface area (Å²) in [7, 11) is 0. The number of alkyl halides is 3. The van der Waals surface area contributed by atoms with Crippen LogP contribution in [0.2, 0.25) is 5.02 Å². The molecule has 0 aliphatic carbocycles. The number of thiocarbonyl (C=S) groups is 1. The molecule has 1 aliphatic heterocycles. The lowest BCUT2D eigenvalue weighted by Crippen LogP contribution is -2.40. The van der Waals surface area contributed by atoms with Gasteiger partial charge in [-0.05, 0) is 61.5 Å². The number of nitrogens with zero attached hydrogens (tertiary/aromatic N) is 2. The summed E-state index contributed by atoms with van der Waals surface area (Å²) in [4.78, 5) is 4.30. The molecule has 1 fully saturated rings. The van der Waals surface area contributed by atoms with Crippen LogP contribution < -0.4 is 10.1 Å². The SMILES string of the molecule is CCOc1ccc(CN(CCCN2CCOCC2)C(=S)Nc2ccc(Cl)c(C(F)(F)F)c2)cc1. The van der Waals surface area contributed by atoms with Crippen LogP contribution in [0.25, 0.3) is 0 Å². The Kier molecular flexibility index (Phi) is 9.82. The Morgan fingerprint density at radius 2 is 1.88 bits per heavy atom. The largest absolute Gasteiger partial charge is 0.494 e. The highest BCUT2D eigenvalue weighted by atomic mass is 35.5. The summed E-state index contributed by atoms with van der Waals surface area (Å²) in [6.07, 6.45) is -3.69. The number of hydrogen-bond donors (Lipinski definition) is 1. The predicted molar refractivity (Wildman–Crippen MR) is 133 cm³/mol. The number of anilines is 1. The van der Waals surface area contributed by atoms with E-state index >= 15 is 0 Å². The predicted octanol–water partition coefficient (Wildman–Crippen LogP) is 5.68. The van der Waals surface area contributed by atoms with Crippen molar-refractivity contribution >= 4 is 34.6 Å². The molecule has 0 spiro atoms. The fourth-order valence-electron chi connectivity index (χ4n) is 3.66. The zero-order chi connectivity index (χ0) is 24.6. The van der Waals surface area contributed by atoms with E-state index in [9.17, 15) is 13.2 Å². The third-order valence-electron chi connectivity index (χ3n) is 5.42. The van der Waals surface area contributed by atoms with Crippen molar-refractivity contribution in [2.24, 2.45) is 0 Å². The Morgan fingerprint density at radius 1 is 1.18 bits per heavy atom. The summed E-state index contributed by atoms with van der Waals surface area (Å²) in [6.45, 7) is 7.82. The van der Waals surface area contributed by atoms with Crippen molar-refractivity contribution in [3.05, 3.63) is 58.6 Å². The normalized spacial score (nSPS) is 14.6. The van der Waals surface area contributed by atoms with Gasteiger partial charge in [0.2, 0.25) is 0 Å². The van der Waals surface area contributed by atoms with E-state index in [0.29, 0.717) is 24.8 Å². The Hall–Kier alpha value is -2.07. The van der Waals surface area contributed by atoms with Crippen molar-refractivity contribution in [1.29, 1.82) is 0 Å². The summed E-state index contributed by atoms with van der Waals surface area (Å²) in [5.41, 5.74) is 0.366. The molecule has 1 aliphatic rings. The van der Waals surface area contributed by atoms with Crippen LogP contribution in [-0.2, 0) is 17.5 Å². The molecular formula is C24H29ClF3N3O2S. The molecule has 186 valence electrons. The quantitative estimate of drug-likeness (QED) is 0.433. The first kappa shape index (κ1) is 26.5. The van der Waals surface area contributed by atoms with E-state index < -0.39 is 11.7 Å². The van der Waals surface area contributed by atoms with Gasteiger partial charge in [-0.2, -0.15) is 13.2 Å². The van der Waals surface area contributed by atoms with E-state index in [0.717, 1.165) is 56.6 Å². The monoisotopic (exact) mass is 515 g/mol. The summed E-state index contributed by atoms with van der Waals surface area (Å²) in [5.74, 6) is 0.784. The van der Waals surface area contributed by atoms with Crippen molar-refractivity contribution in [3.8, 4) is 5.75 Å². The van der Waals surface area contributed by atoms with Crippen LogP contribution in [0.5, 0.6) is 5.75 Å². The minimum Gasteiger partial charge on any atom is -0.494 e. The molecular weight excluding hydrogens is 487 g/mol. The van der Waals surface area contributed by atoms with Crippen LogP contribution in [0.15, 0.2) is 42.5 Å². The van der Waals surface area contributed by atoms with Crippen molar-refractivity contribution in [1.82, 2.24) is 9.80 Å². The first-order valence-corrected chi connectivity index (χ1v) is 12.0. The van der Waals surface area contributed by atoms with Crippen molar-refractivity contribution in [3.63, 3.8) is 0 Å². The highest BCUT2D eigenvalue weighted by Crippen LogP contribution is 2.36. The first-order chi connectivity index (χ1) is 16.3. The maximum atomic E-state index is 13.3. The van der Waals surface area contributed by atoms with E-state index in [2.05, 4.69) is 10.2 Å². The highest BCUT2D eigenvalue weighted by Gasteiger charge is 2.33. The van der Waals surface area contributed by atoms with Gasteiger partial charge in [0, 0.05) is 38.4 Å². The molecule has 5 nitrogen and oxygen atoms in total. The molecule has 1 heterocycles. The molecule has 0 radical (unpaired) electrons. The number of morpholine rings is 1. The lowest BCUT2D eigenvalue weighted by atomic mass is 10.2. The lowest BCUT2D eigenvalue weighted by Gasteiger charge is -2.30. The van der Waals surface area contributed by atoms with Gasteiger partial charge in [-0.1, -0.05) is 23.7 Å². The fraction of sp³-hybridized carbons (Fsp3) is 0.458. The van der Waals surface area contributed by atoms with Crippen LogP contribution in [0.3, 0.4) is 0 Å². The summed E-state index contributed by atoms with van der Waals surface area (Å²) in [6, 6.07) is 11.4. The summed E-state index contributed by atoms with van der Waals surface area (Å²) < 4.78 is 50.7. The van der Waals surface area contributed by atoms with E-state index in [1.54, 1.807) is 0 Å². The molecule has 3 rings (SSSR count). The molecule has 2 aromatic carbocycles. The van der Waals surface area contributed by atoms with Crippen LogP contribution >= 0.6 is 23.8 Å². The molecule has 0 aromatic heterocycles. The molecule has 10 heteroatoms. The van der Waals surface area contributed by atoms with E-state index in [-0.39, 0.29) is 10.7 Å². The average molecular weight is 516 g/mol. The third-order valence-corrected chi connectivity index (χ3v) is 6.11. The maximum absolute atomic E-state index is 13.3. The second-order valence-corrected chi connectivity index (χ2v) is 8.72. The van der Waals surface area contributed by atoms with Gasteiger partial charge in [0.25, 0.3) is 0 Å². The molecule has 1 N–H and O–H groups in total. The molecule has 34 heavy (non-hydrogen) atoms.